The lowest BCUT2D eigenvalue weighted by Gasteiger charge is -2.35. The van der Waals surface area contributed by atoms with Crippen LogP contribution >= 0.6 is 0 Å². The number of carbonyl (C=O) groups is 1. The maximum Gasteiger partial charge on any atom is 0.321 e. The number of rotatable bonds is 3. The maximum absolute atomic E-state index is 13.0. The zero-order valence-corrected chi connectivity index (χ0v) is 14.5. The van der Waals surface area contributed by atoms with E-state index in [0.717, 1.165) is 32.6 Å². The molecule has 2 amide bonds. The van der Waals surface area contributed by atoms with Gasteiger partial charge in [0.05, 0.1) is 0 Å². The molecule has 3 aliphatic rings. The van der Waals surface area contributed by atoms with Crippen LogP contribution in [0.2, 0.25) is 0 Å². The minimum absolute atomic E-state index is 0.0810. The van der Waals surface area contributed by atoms with Crippen LogP contribution in [0, 0.1) is 11.7 Å². The molecule has 0 spiro atoms. The van der Waals surface area contributed by atoms with E-state index in [9.17, 15) is 9.18 Å². The van der Waals surface area contributed by atoms with E-state index >= 15 is 0 Å². The standard InChI is InChI=1S/C19H26FN3O/c1-14(2)9-10-22-11-15-3-8-18(22)13-23(12-15)19(24)21-17-6-4-16(20)5-7-17/h4-7,9,15,18H,3,8,10-13H2,1-2H3,(H,21,24)/t15-,18-/m0/s1. The fourth-order valence-electron chi connectivity index (χ4n) is 3.60. The zero-order chi connectivity index (χ0) is 17.1. The van der Waals surface area contributed by atoms with E-state index in [4.69, 9.17) is 0 Å². The zero-order valence-electron chi connectivity index (χ0n) is 14.5. The molecule has 3 saturated heterocycles. The first-order valence-corrected chi connectivity index (χ1v) is 8.70. The number of nitrogens with zero attached hydrogens (tertiary/aromatic N) is 2. The molecule has 0 aliphatic carbocycles. The lowest BCUT2D eigenvalue weighted by Crippen LogP contribution is -2.45. The summed E-state index contributed by atoms with van der Waals surface area (Å²) in [5.41, 5.74) is 1.97. The Balaban J connectivity index is 1.64. The van der Waals surface area contributed by atoms with Gasteiger partial charge >= 0.3 is 6.03 Å². The Kier molecular flexibility index (Phi) is 5.19. The average molecular weight is 331 g/mol. The molecule has 1 aromatic rings. The molecule has 1 N–H and O–H groups in total. The highest BCUT2D eigenvalue weighted by molar-refractivity contribution is 5.89. The summed E-state index contributed by atoms with van der Waals surface area (Å²) in [5.74, 6) is 0.240. The van der Waals surface area contributed by atoms with E-state index in [1.165, 1.54) is 24.1 Å². The predicted molar refractivity (Wildman–Crippen MR) is 94.5 cm³/mol. The van der Waals surface area contributed by atoms with Crippen LogP contribution in [0.3, 0.4) is 0 Å². The van der Waals surface area contributed by atoms with Crippen LogP contribution in [0.1, 0.15) is 26.7 Å². The number of halogens is 1. The van der Waals surface area contributed by atoms with Gasteiger partial charge in [-0.2, -0.15) is 0 Å². The van der Waals surface area contributed by atoms with Gasteiger partial charge in [0.2, 0.25) is 0 Å². The minimum atomic E-state index is -0.296. The second-order valence-corrected chi connectivity index (χ2v) is 7.17. The minimum Gasteiger partial charge on any atom is -0.323 e. The molecule has 24 heavy (non-hydrogen) atoms. The van der Waals surface area contributed by atoms with Crippen molar-refractivity contribution in [3.8, 4) is 0 Å². The summed E-state index contributed by atoms with van der Waals surface area (Å²) >= 11 is 0. The number of hydrogen-bond acceptors (Lipinski definition) is 2. The third kappa shape index (κ3) is 4.15. The highest BCUT2D eigenvalue weighted by Gasteiger charge is 2.35. The van der Waals surface area contributed by atoms with Gasteiger partial charge in [0, 0.05) is 37.9 Å². The fraction of sp³-hybridized carbons (Fsp3) is 0.526. The molecule has 4 nitrogen and oxygen atoms in total. The largest absolute Gasteiger partial charge is 0.323 e. The highest BCUT2D eigenvalue weighted by Crippen LogP contribution is 2.28. The Hall–Kier alpha value is -1.88. The van der Waals surface area contributed by atoms with Gasteiger partial charge in [-0.15, -0.1) is 0 Å². The van der Waals surface area contributed by atoms with Gasteiger partial charge in [-0.1, -0.05) is 11.6 Å². The van der Waals surface area contributed by atoms with Crippen LogP contribution in [0.4, 0.5) is 14.9 Å². The molecule has 4 rings (SSSR count). The van der Waals surface area contributed by atoms with E-state index in [0.29, 0.717) is 17.6 Å². The van der Waals surface area contributed by atoms with Crippen molar-refractivity contribution in [2.45, 2.75) is 32.7 Å². The first kappa shape index (κ1) is 17.0. The van der Waals surface area contributed by atoms with Gasteiger partial charge in [0.15, 0.2) is 0 Å². The third-order valence-electron chi connectivity index (χ3n) is 4.94. The number of nitrogens with one attached hydrogen (secondary N) is 1. The summed E-state index contributed by atoms with van der Waals surface area (Å²) in [6.07, 6.45) is 4.61. The van der Waals surface area contributed by atoms with Gasteiger partial charge in [-0.25, -0.2) is 9.18 Å². The first-order chi connectivity index (χ1) is 11.5. The van der Waals surface area contributed by atoms with E-state index in [-0.39, 0.29) is 11.8 Å². The molecule has 0 unspecified atom stereocenters. The number of carbonyl (C=O) groups excluding carboxylic acids is 1. The average Bonchev–Trinajstić information content (AvgIpc) is 2.87. The molecule has 130 valence electrons. The number of fused-ring (bicyclic) bond motifs is 4. The normalized spacial score (nSPS) is 23.7. The summed E-state index contributed by atoms with van der Waals surface area (Å²) in [5, 5.41) is 2.89. The number of anilines is 1. The van der Waals surface area contributed by atoms with Gasteiger partial charge in [0.25, 0.3) is 0 Å². The van der Waals surface area contributed by atoms with Crippen molar-refractivity contribution in [3.05, 3.63) is 41.7 Å². The highest BCUT2D eigenvalue weighted by atomic mass is 19.1. The Labute approximate surface area is 143 Å². The summed E-state index contributed by atoms with van der Waals surface area (Å²) in [7, 11) is 0. The van der Waals surface area contributed by atoms with Crippen molar-refractivity contribution in [1.82, 2.24) is 9.80 Å². The number of urea groups is 1. The molecule has 3 aliphatic heterocycles. The Bertz CT molecular complexity index is 610. The SMILES string of the molecule is CC(C)=CCN1C[C@@H]2CC[C@H]1CN(C(=O)Nc1ccc(F)cc1)C2. The molecule has 2 atom stereocenters. The van der Waals surface area contributed by atoms with Gasteiger partial charge in [-0.05, 0) is 56.9 Å². The molecule has 5 heteroatoms. The number of benzene rings is 1. The van der Waals surface area contributed by atoms with Gasteiger partial charge < -0.3 is 10.2 Å². The maximum atomic E-state index is 13.0. The lowest BCUT2D eigenvalue weighted by atomic mass is 9.95. The number of piperidine rings is 1. The van der Waals surface area contributed by atoms with Crippen LogP contribution in [0.25, 0.3) is 0 Å². The molecular weight excluding hydrogens is 305 g/mol. The first-order valence-electron chi connectivity index (χ1n) is 8.70. The van der Waals surface area contributed by atoms with Crippen LogP contribution in [-0.4, -0.2) is 48.1 Å². The van der Waals surface area contributed by atoms with Crippen molar-refractivity contribution >= 4 is 11.7 Å². The molecule has 2 bridgehead atoms. The molecule has 0 radical (unpaired) electrons. The van der Waals surface area contributed by atoms with Crippen molar-refractivity contribution < 1.29 is 9.18 Å². The topological polar surface area (TPSA) is 35.6 Å². The molecule has 3 fully saturated rings. The van der Waals surface area contributed by atoms with Crippen LogP contribution < -0.4 is 5.32 Å². The van der Waals surface area contributed by atoms with Crippen LogP contribution in [-0.2, 0) is 0 Å². The number of amides is 2. The Morgan fingerprint density at radius 3 is 2.67 bits per heavy atom. The van der Waals surface area contributed by atoms with Gasteiger partial charge in [-0.3, -0.25) is 4.90 Å². The molecule has 0 saturated carbocycles. The van der Waals surface area contributed by atoms with Crippen molar-refractivity contribution in [2.24, 2.45) is 5.92 Å². The van der Waals surface area contributed by atoms with E-state index in [1.807, 2.05) is 4.90 Å². The summed E-state index contributed by atoms with van der Waals surface area (Å²) in [6.45, 7) is 7.84. The Morgan fingerprint density at radius 1 is 1.21 bits per heavy atom. The second-order valence-electron chi connectivity index (χ2n) is 7.17. The molecule has 1 aromatic carbocycles. The number of hydrogen-bond donors (Lipinski definition) is 1. The van der Waals surface area contributed by atoms with Gasteiger partial charge in [0.1, 0.15) is 5.82 Å². The summed E-state index contributed by atoms with van der Waals surface area (Å²) in [4.78, 5) is 17.0. The lowest BCUT2D eigenvalue weighted by molar-refractivity contribution is 0.147. The van der Waals surface area contributed by atoms with Crippen LogP contribution in [0.5, 0.6) is 0 Å². The molecular formula is C19H26FN3O. The van der Waals surface area contributed by atoms with E-state index in [1.54, 1.807) is 12.1 Å². The van der Waals surface area contributed by atoms with Crippen molar-refractivity contribution in [1.29, 1.82) is 0 Å². The Morgan fingerprint density at radius 2 is 1.96 bits per heavy atom. The third-order valence-corrected chi connectivity index (χ3v) is 4.94. The predicted octanol–water partition coefficient (Wildman–Crippen LogP) is 3.72. The fourth-order valence-corrected chi connectivity index (χ4v) is 3.60. The number of allylic oxidation sites excluding steroid dienone is 1. The van der Waals surface area contributed by atoms with E-state index in [2.05, 4.69) is 30.1 Å². The second kappa shape index (κ2) is 7.34. The van der Waals surface area contributed by atoms with Crippen molar-refractivity contribution in [2.75, 3.05) is 31.5 Å². The smallest absolute Gasteiger partial charge is 0.321 e. The summed E-state index contributed by atoms with van der Waals surface area (Å²) in [6, 6.07) is 6.27. The quantitative estimate of drug-likeness (QED) is 0.857. The van der Waals surface area contributed by atoms with Crippen molar-refractivity contribution in [3.63, 3.8) is 0 Å². The monoisotopic (exact) mass is 331 g/mol. The van der Waals surface area contributed by atoms with E-state index < -0.39 is 0 Å². The molecule has 0 aromatic heterocycles. The molecule has 3 heterocycles. The summed E-state index contributed by atoms with van der Waals surface area (Å²) < 4.78 is 13.0. The van der Waals surface area contributed by atoms with Crippen LogP contribution in [0.15, 0.2) is 35.9 Å².